The lowest BCUT2D eigenvalue weighted by molar-refractivity contribution is 0.0659. The van der Waals surface area contributed by atoms with Crippen molar-refractivity contribution in [3.63, 3.8) is 0 Å². The zero-order chi connectivity index (χ0) is 8.81. The zero-order valence-corrected chi connectivity index (χ0v) is 6.69. The summed E-state index contributed by atoms with van der Waals surface area (Å²) < 4.78 is 8.94. The summed E-state index contributed by atoms with van der Waals surface area (Å²) in [6.45, 7) is 0.146. The van der Waals surface area contributed by atoms with Gasteiger partial charge in [0.1, 0.15) is 6.61 Å². The molecule has 0 saturated heterocycles. The summed E-state index contributed by atoms with van der Waals surface area (Å²) >= 11 is 0. The molecule has 0 N–H and O–H groups in total. The lowest BCUT2D eigenvalue weighted by Gasteiger charge is -2.00. The van der Waals surface area contributed by atoms with E-state index < -0.39 is 6.16 Å². The largest absolute Gasteiger partial charge is 0.508 e. The van der Waals surface area contributed by atoms with Crippen molar-refractivity contribution in [1.29, 1.82) is 0 Å². The van der Waals surface area contributed by atoms with E-state index in [9.17, 15) is 4.79 Å². The first kappa shape index (κ1) is 8.52. The van der Waals surface area contributed by atoms with Gasteiger partial charge in [0.15, 0.2) is 0 Å². The van der Waals surface area contributed by atoms with Crippen molar-refractivity contribution < 1.29 is 14.3 Å². The van der Waals surface area contributed by atoms with Crippen LogP contribution < -0.4 is 0 Å². The molecule has 0 aliphatic carbocycles. The minimum Gasteiger partial charge on any atom is -0.438 e. The predicted octanol–water partition coefficient (Wildman–Crippen LogP) is 1.36. The van der Waals surface area contributed by atoms with Crippen LogP contribution in [0.3, 0.4) is 0 Å². The molecule has 1 heterocycles. The van der Waals surface area contributed by atoms with E-state index in [1.54, 1.807) is 18.3 Å². The van der Waals surface area contributed by atoms with Crippen LogP contribution in [0.15, 0.2) is 24.4 Å². The lowest BCUT2D eigenvalue weighted by Crippen LogP contribution is -2.04. The van der Waals surface area contributed by atoms with Gasteiger partial charge in [0.25, 0.3) is 0 Å². The molecule has 4 heteroatoms. The van der Waals surface area contributed by atoms with E-state index in [0.717, 1.165) is 0 Å². The molecule has 64 valence electrons. The number of carbonyl (C=O) groups is 1. The highest BCUT2D eigenvalue weighted by atomic mass is 16.7. The van der Waals surface area contributed by atoms with Crippen molar-refractivity contribution in [2.24, 2.45) is 0 Å². The fourth-order valence-corrected chi connectivity index (χ4v) is 0.675. The summed E-state index contributed by atoms with van der Waals surface area (Å²) in [6, 6.07) is 5.38. The first-order valence-electron chi connectivity index (χ1n) is 3.43. The summed E-state index contributed by atoms with van der Waals surface area (Å²) in [6.07, 6.45) is 0.941. The fourth-order valence-electron chi connectivity index (χ4n) is 0.675. The number of aromatic nitrogens is 1. The number of carbonyl (C=O) groups excluding carboxylic acids is 1. The van der Waals surface area contributed by atoms with Gasteiger partial charge in [0.2, 0.25) is 0 Å². The Kier molecular flexibility index (Phi) is 3.07. The number of rotatable bonds is 2. The maximum atomic E-state index is 10.5. The smallest absolute Gasteiger partial charge is 0.438 e. The Morgan fingerprint density at radius 2 is 2.42 bits per heavy atom. The van der Waals surface area contributed by atoms with Crippen LogP contribution in [0.1, 0.15) is 5.69 Å². The van der Waals surface area contributed by atoms with Gasteiger partial charge in [-0.2, -0.15) is 0 Å². The molecule has 1 aromatic heterocycles. The quantitative estimate of drug-likeness (QED) is 0.624. The molecule has 0 unspecified atom stereocenters. The second kappa shape index (κ2) is 4.33. The lowest BCUT2D eigenvalue weighted by atomic mass is 10.4. The van der Waals surface area contributed by atoms with Gasteiger partial charge in [0.05, 0.1) is 12.8 Å². The van der Waals surface area contributed by atoms with Crippen molar-refractivity contribution >= 4 is 6.16 Å². The molecule has 0 radical (unpaired) electrons. The highest BCUT2D eigenvalue weighted by molar-refractivity contribution is 5.59. The summed E-state index contributed by atoms with van der Waals surface area (Å²) in [5.41, 5.74) is 0.697. The summed E-state index contributed by atoms with van der Waals surface area (Å²) in [5.74, 6) is 0. The third-order valence-corrected chi connectivity index (χ3v) is 1.23. The molecule has 0 atom stereocenters. The Bertz CT molecular complexity index is 248. The number of methoxy groups -OCH3 is 1. The van der Waals surface area contributed by atoms with E-state index >= 15 is 0 Å². The minimum absolute atomic E-state index is 0.146. The Morgan fingerprint density at radius 3 is 3.00 bits per heavy atom. The molecule has 0 aromatic carbocycles. The highest BCUT2D eigenvalue weighted by Crippen LogP contribution is 1.96. The highest BCUT2D eigenvalue weighted by Gasteiger charge is 2.00. The van der Waals surface area contributed by atoms with Gasteiger partial charge in [-0.05, 0) is 12.1 Å². The van der Waals surface area contributed by atoms with Gasteiger partial charge >= 0.3 is 6.16 Å². The minimum atomic E-state index is -0.694. The van der Waals surface area contributed by atoms with Gasteiger partial charge in [-0.3, -0.25) is 4.98 Å². The van der Waals surface area contributed by atoms with Crippen molar-refractivity contribution in [2.75, 3.05) is 7.11 Å². The van der Waals surface area contributed by atoms with Crippen molar-refractivity contribution in [2.45, 2.75) is 6.61 Å². The summed E-state index contributed by atoms with van der Waals surface area (Å²) in [7, 11) is 1.26. The normalized spacial score (nSPS) is 9.08. The van der Waals surface area contributed by atoms with Crippen molar-refractivity contribution in [3.05, 3.63) is 30.1 Å². The van der Waals surface area contributed by atoms with Crippen LogP contribution in [0.4, 0.5) is 4.79 Å². The SMILES string of the molecule is COC(=O)OCc1ccccn1. The van der Waals surface area contributed by atoms with Crippen LogP contribution in [-0.4, -0.2) is 18.2 Å². The molecule has 12 heavy (non-hydrogen) atoms. The second-order valence-corrected chi connectivity index (χ2v) is 2.06. The van der Waals surface area contributed by atoms with Crippen LogP contribution in [0.5, 0.6) is 0 Å². The zero-order valence-electron chi connectivity index (χ0n) is 6.69. The standard InChI is InChI=1S/C8H9NO3/c1-11-8(10)12-6-7-4-2-3-5-9-7/h2-5H,6H2,1H3. The van der Waals surface area contributed by atoms with Gasteiger partial charge in [-0.25, -0.2) is 4.79 Å². The Labute approximate surface area is 70.1 Å². The maximum absolute atomic E-state index is 10.5. The van der Waals surface area contributed by atoms with Crippen molar-refractivity contribution in [1.82, 2.24) is 4.98 Å². The van der Waals surface area contributed by atoms with Crippen LogP contribution in [0.2, 0.25) is 0 Å². The molecule has 0 spiro atoms. The maximum Gasteiger partial charge on any atom is 0.508 e. The van der Waals surface area contributed by atoms with Crippen LogP contribution >= 0.6 is 0 Å². The van der Waals surface area contributed by atoms with Crippen LogP contribution in [0.25, 0.3) is 0 Å². The monoisotopic (exact) mass is 167 g/mol. The van der Waals surface area contributed by atoms with E-state index in [4.69, 9.17) is 0 Å². The van der Waals surface area contributed by atoms with Gasteiger partial charge in [-0.15, -0.1) is 0 Å². The van der Waals surface area contributed by atoms with Crippen LogP contribution in [0, 0.1) is 0 Å². The van der Waals surface area contributed by atoms with Crippen molar-refractivity contribution in [3.8, 4) is 0 Å². The average molecular weight is 167 g/mol. The molecular weight excluding hydrogens is 158 g/mol. The molecule has 0 aliphatic rings. The number of pyridine rings is 1. The van der Waals surface area contributed by atoms with E-state index in [-0.39, 0.29) is 6.61 Å². The molecule has 4 nitrogen and oxygen atoms in total. The van der Waals surface area contributed by atoms with Gasteiger partial charge in [-0.1, -0.05) is 6.07 Å². The Hall–Kier alpha value is -1.58. The summed E-state index contributed by atoms with van der Waals surface area (Å²) in [4.78, 5) is 14.5. The third kappa shape index (κ3) is 2.57. The Morgan fingerprint density at radius 1 is 1.58 bits per heavy atom. The molecule has 0 saturated carbocycles. The van der Waals surface area contributed by atoms with E-state index in [1.165, 1.54) is 7.11 Å². The molecule has 0 amide bonds. The molecule has 0 fully saturated rings. The topological polar surface area (TPSA) is 48.4 Å². The predicted molar refractivity (Wildman–Crippen MR) is 41.4 cm³/mol. The number of hydrogen-bond acceptors (Lipinski definition) is 4. The Balaban J connectivity index is 2.38. The molecule has 0 bridgehead atoms. The average Bonchev–Trinajstić information content (AvgIpc) is 2.16. The molecule has 0 aliphatic heterocycles. The van der Waals surface area contributed by atoms with Crippen LogP contribution in [-0.2, 0) is 16.1 Å². The molecule has 1 aromatic rings. The van der Waals surface area contributed by atoms with Gasteiger partial charge in [0, 0.05) is 6.20 Å². The van der Waals surface area contributed by atoms with E-state index in [2.05, 4.69) is 14.5 Å². The van der Waals surface area contributed by atoms with E-state index in [1.807, 2.05) is 6.07 Å². The van der Waals surface area contributed by atoms with E-state index in [0.29, 0.717) is 5.69 Å². The fraction of sp³-hybridized carbons (Fsp3) is 0.250. The third-order valence-electron chi connectivity index (χ3n) is 1.23. The molecule has 1 rings (SSSR count). The second-order valence-electron chi connectivity index (χ2n) is 2.06. The number of hydrogen-bond donors (Lipinski definition) is 0. The molecular formula is C8H9NO3. The number of nitrogens with zero attached hydrogens (tertiary/aromatic N) is 1. The summed E-state index contributed by atoms with van der Waals surface area (Å²) in [5, 5.41) is 0. The number of ether oxygens (including phenoxy) is 2. The first-order chi connectivity index (χ1) is 5.83. The first-order valence-corrected chi connectivity index (χ1v) is 3.43. The van der Waals surface area contributed by atoms with Gasteiger partial charge < -0.3 is 9.47 Å².